The van der Waals surface area contributed by atoms with Crippen molar-refractivity contribution >= 4 is 30.1 Å². The second-order valence-electron chi connectivity index (χ2n) is 8.91. The van der Waals surface area contributed by atoms with E-state index in [1.807, 2.05) is 6.07 Å². The summed E-state index contributed by atoms with van der Waals surface area (Å²) in [5, 5.41) is 3.57. The first-order chi connectivity index (χ1) is 16.5. The third-order valence-electron chi connectivity index (χ3n) is 6.55. The van der Waals surface area contributed by atoms with E-state index in [9.17, 15) is 4.79 Å². The van der Waals surface area contributed by atoms with Gasteiger partial charge in [0.15, 0.2) is 5.15 Å². The average molecular weight is 498 g/mol. The minimum Gasteiger partial charge on any atom is -0.350 e. The standard InChI is InChI=1S/C28H36ClN3OS/c1-4-6-12-26-31-27(29)25(17-30-28(33)24(19-34)20(3)5-2)32(26)18-21-13-15-23(16-14-21)22-10-8-7-9-11-22/h7-11,13-16,20,24,34H,4-6,12,17-19H2,1-3H3,(H,30,33). The molecule has 0 aliphatic heterocycles. The van der Waals surface area contributed by atoms with E-state index in [4.69, 9.17) is 11.6 Å². The maximum atomic E-state index is 12.8. The van der Waals surface area contributed by atoms with E-state index < -0.39 is 0 Å². The average Bonchev–Trinajstić information content (AvgIpc) is 3.16. The number of halogens is 1. The number of thiol groups is 1. The van der Waals surface area contributed by atoms with Gasteiger partial charge in [-0.2, -0.15) is 12.6 Å². The highest BCUT2D eigenvalue weighted by atomic mass is 35.5. The van der Waals surface area contributed by atoms with Crippen molar-refractivity contribution in [2.24, 2.45) is 11.8 Å². The van der Waals surface area contributed by atoms with Crippen LogP contribution in [0.2, 0.25) is 5.15 Å². The first-order valence-electron chi connectivity index (χ1n) is 12.2. The third kappa shape index (κ3) is 6.67. The minimum atomic E-state index is -0.117. The molecule has 182 valence electrons. The maximum absolute atomic E-state index is 12.8. The summed E-state index contributed by atoms with van der Waals surface area (Å²) in [5.41, 5.74) is 4.42. The molecular weight excluding hydrogens is 462 g/mol. The number of benzene rings is 2. The Morgan fingerprint density at radius 2 is 1.76 bits per heavy atom. The van der Waals surface area contributed by atoms with E-state index in [1.165, 1.54) is 16.7 Å². The van der Waals surface area contributed by atoms with Crippen molar-refractivity contribution in [3.8, 4) is 11.1 Å². The van der Waals surface area contributed by atoms with Gasteiger partial charge >= 0.3 is 0 Å². The molecule has 0 aliphatic rings. The van der Waals surface area contributed by atoms with E-state index >= 15 is 0 Å². The molecule has 0 radical (unpaired) electrons. The van der Waals surface area contributed by atoms with E-state index in [2.05, 4.69) is 96.8 Å². The zero-order valence-corrected chi connectivity index (χ0v) is 22.1. The topological polar surface area (TPSA) is 46.9 Å². The fourth-order valence-electron chi connectivity index (χ4n) is 4.11. The van der Waals surface area contributed by atoms with Gasteiger partial charge in [0.1, 0.15) is 5.82 Å². The van der Waals surface area contributed by atoms with Gasteiger partial charge in [0.05, 0.1) is 12.2 Å². The number of hydrogen-bond acceptors (Lipinski definition) is 3. The lowest BCUT2D eigenvalue weighted by molar-refractivity contribution is -0.125. The van der Waals surface area contributed by atoms with Crippen molar-refractivity contribution in [3.63, 3.8) is 0 Å². The van der Waals surface area contributed by atoms with Crippen molar-refractivity contribution in [2.45, 2.75) is 59.5 Å². The number of rotatable bonds is 12. The van der Waals surface area contributed by atoms with Crippen LogP contribution in [0.25, 0.3) is 11.1 Å². The van der Waals surface area contributed by atoms with E-state index in [-0.39, 0.29) is 17.7 Å². The van der Waals surface area contributed by atoms with Gasteiger partial charge in [-0.05, 0) is 29.0 Å². The SMILES string of the molecule is CCCCc1nc(Cl)c(CNC(=O)C(CS)C(C)CC)n1Cc1ccc(-c2ccccc2)cc1. The molecule has 2 unspecified atom stereocenters. The zero-order chi connectivity index (χ0) is 24.5. The molecule has 0 fully saturated rings. The van der Waals surface area contributed by atoms with Gasteiger partial charge < -0.3 is 9.88 Å². The highest BCUT2D eigenvalue weighted by Crippen LogP contribution is 2.24. The molecule has 0 saturated heterocycles. The summed E-state index contributed by atoms with van der Waals surface area (Å²) < 4.78 is 2.18. The summed E-state index contributed by atoms with van der Waals surface area (Å²) in [6.07, 6.45) is 3.93. The first kappa shape index (κ1) is 26.4. The van der Waals surface area contributed by atoms with Crippen LogP contribution in [0.5, 0.6) is 0 Å². The summed E-state index contributed by atoms with van der Waals surface area (Å²) in [5.74, 6) is 1.68. The number of carbonyl (C=O) groups excluding carboxylic acids is 1. The van der Waals surface area contributed by atoms with Crippen LogP contribution in [0.1, 0.15) is 57.1 Å². The quantitative estimate of drug-likeness (QED) is 0.270. The molecule has 6 heteroatoms. The molecule has 2 atom stereocenters. The fraction of sp³-hybridized carbons (Fsp3) is 0.429. The second-order valence-corrected chi connectivity index (χ2v) is 9.63. The van der Waals surface area contributed by atoms with Crippen LogP contribution in [-0.2, 0) is 24.3 Å². The number of aromatic nitrogens is 2. The summed E-state index contributed by atoms with van der Waals surface area (Å²) in [4.78, 5) is 17.5. The first-order valence-corrected chi connectivity index (χ1v) is 13.3. The Kier molecular flexibility index (Phi) is 10.1. The lowest BCUT2D eigenvalue weighted by Crippen LogP contribution is -2.35. The number of imidazole rings is 1. The summed E-state index contributed by atoms with van der Waals surface area (Å²) in [6, 6.07) is 19.0. The zero-order valence-electron chi connectivity index (χ0n) is 20.4. The number of nitrogens with zero attached hydrogens (tertiary/aromatic N) is 2. The van der Waals surface area contributed by atoms with E-state index in [1.54, 1.807) is 0 Å². The Morgan fingerprint density at radius 3 is 2.38 bits per heavy atom. The molecule has 1 N–H and O–H groups in total. The predicted molar refractivity (Wildman–Crippen MR) is 145 cm³/mol. The maximum Gasteiger partial charge on any atom is 0.224 e. The Hall–Kier alpha value is -2.24. The van der Waals surface area contributed by atoms with Crippen LogP contribution in [0.3, 0.4) is 0 Å². The second kappa shape index (κ2) is 13.0. The van der Waals surface area contributed by atoms with Gasteiger partial charge in [0, 0.05) is 24.6 Å². The van der Waals surface area contributed by atoms with Crippen LogP contribution in [0.15, 0.2) is 54.6 Å². The van der Waals surface area contributed by atoms with E-state index in [0.717, 1.165) is 37.2 Å². The summed E-state index contributed by atoms with van der Waals surface area (Å²) >= 11 is 11.0. The molecule has 3 rings (SSSR count). The Morgan fingerprint density at radius 1 is 1.09 bits per heavy atom. The molecule has 1 amide bonds. The van der Waals surface area contributed by atoms with Crippen LogP contribution >= 0.6 is 24.2 Å². The monoisotopic (exact) mass is 497 g/mol. The number of nitrogens with one attached hydrogen (secondary N) is 1. The highest BCUT2D eigenvalue weighted by Gasteiger charge is 2.24. The molecule has 3 aromatic rings. The fourth-order valence-corrected chi connectivity index (χ4v) is 4.90. The minimum absolute atomic E-state index is 0.0236. The number of carbonyl (C=O) groups is 1. The Labute approximate surface area is 214 Å². The Balaban J connectivity index is 1.81. The number of amides is 1. The molecule has 34 heavy (non-hydrogen) atoms. The van der Waals surface area contributed by atoms with Gasteiger partial charge in [-0.3, -0.25) is 4.79 Å². The van der Waals surface area contributed by atoms with Gasteiger partial charge in [-0.1, -0.05) is 99.8 Å². The molecule has 0 spiro atoms. The van der Waals surface area contributed by atoms with Crippen molar-refractivity contribution in [1.29, 1.82) is 0 Å². The van der Waals surface area contributed by atoms with Crippen molar-refractivity contribution < 1.29 is 4.79 Å². The Bertz CT molecular complexity index is 1050. The van der Waals surface area contributed by atoms with Gasteiger partial charge in [0.25, 0.3) is 0 Å². The molecular formula is C28H36ClN3OS. The van der Waals surface area contributed by atoms with Crippen LogP contribution in [0.4, 0.5) is 0 Å². The largest absolute Gasteiger partial charge is 0.350 e. The third-order valence-corrected chi connectivity index (χ3v) is 7.25. The molecule has 2 aromatic carbocycles. The van der Waals surface area contributed by atoms with Crippen LogP contribution < -0.4 is 5.32 Å². The van der Waals surface area contributed by atoms with Gasteiger partial charge in [-0.25, -0.2) is 4.98 Å². The van der Waals surface area contributed by atoms with Crippen molar-refractivity contribution in [3.05, 3.63) is 76.8 Å². The molecule has 4 nitrogen and oxygen atoms in total. The van der Waals surface area contributed by atoms with Crippen molar-refractivity contribution in [1.82, 2.24) is 14.9 Å². The van der Waals surface area contributed by atoms with E-state index in [0.29, 0.717) is 24.0 Å². The van der Waals surface area contributed by atoms with Crippen LogP contribution in [-0.4, -0.2) is 21.2 Å². The van der Waals surface area contributed by atoms with Gasteiger partial charge in [0.2, 0.25) is 5.91 Å². The number of aryl methyl sites for hydroxylation is 1. The summed E-state index contributed by atoms with van der Waals surface area (Å²) in [7, 11) is 0. The number of unbranched alkanes of at least 4 members (excludes halogenated alkanes) is 1. The highest BCUT2D eigenvalue weighted by molar-refractivity contribution is 7.80. The molecule has 1 aromatic heterocycles. The molecule has 1 heterocycles. The van der Waals surface area contributed by atoms with Gasteiger partial charge in [-0.15, -0.1) is 0 Å². The summed E-state index contributed by atoms with van der Waals surface area (Å²) in [6.45, 7) is 7.40. The lowest BCUT2D eigenvalue weighted by Gasteiger charge is -2.21. The molecule has 0 aliphatic carbocycles. The molecule has 0 saturated carbocycles. The predicted octanol–water partition coefficient (Wildman–Crippen LogP) is 6.80. The lowest BCUT2D eigenvalue weighted by atomic mass is 9.92. The smallest absolute Gasteiger partial charge is 0.224 e. The molecule has 0 bridgehead atoms. The normalized spacial score (nSPS) is 13.0. The number of hydrogen-bond donors (Lipinski definition) is 2. The van der Waals surface area contributed by atoms with Crippen molar-refractivity contribution in [2.75, 3.05) is 5.75 Å². The van der Waals surface area contributed by atoms with Crippen LogP contribution in [0, 0.1) is 11.8 Å².